The molecule has 1 aromatic heterocycles. The van der Waals surface area contributed by atoms with E-state index in [0.29, 0.717) is 5.01 Å². The molecule has 1 unspecified atom stereocenters. The van der Waals surface area contributed by atoms with Gasteiger partial charge in [-0.2, -0.15) is 0 Å². The summed E-state index contributed by atoms with van der Waals surface area (Å²) in [7, 11) is 0. The molecule has 0 spiro atoms. The highest BCUT2D eigenvalue weighted by atomic mass is 32.1. The predicted octanol–water partition coefficient (Wildman–Crippen LogP) is 3.62. The maximum absolute atomic E-state index is 10.4. The fraction of sp³-hybridized carbons (Fsp3) is 0.118. The Morgan fingerprint density at radius 3 is 2.73 bits per heavy atom. The standard InChI is InChI=1S/C17H13NO3S/c19-16(11-4-2-1-3-5-11)17-18-13(9-22-17)12-6-7-14-15(8-12)21-10-20-14/h1-9,16,19H,10H2. The molecule has 4 nitrogen and oxygen atoms in total. The highest BCUT2D eigenvalue weighted by Gasteiger charge is 2.17. The Morgan fingerprint density at radius 1 is 1.05 bits per heavy atom. The topological polar surface area (TPSA) is 51.6 Å². The summed E-state index contributed by atoms with van der Waals surface area (Å²) in [6.07, 6.45) is -0.700. The van der Waals surface area contributed by atoms with Crippen LogP contribution in [0.1, 0.15) is 16.7 Å². The quantitative estimate of drug-likeness (QED) is 0.802. The first-order chi connectivity index (χ1) is 10.8. The van der Waals surface area contributed by atoms with Gasteiger partial charge in [0.05, 0.1) is 5.69 Å². The van der Waals surface area contributed by atoms with Gasteiger partial charge in [0.1, 0.15) is 11.1 Å². The largest absolute Gasteiger partial charge is 0.454 e. The van der Waals surface area contributed by atoms with E-state index in [1.807, 2.05) is 53.9 Å². The minimum Gasteiger partial charge on any atom is -0.454 e. The van der Waals surface area contributed by atoms with Crippen molar-refractivity contribution in [1.82, 2.24) is 4.98 Å². The Morgan fingerprint density at radius 2 is 1.86 bits per heavy atom. The van der Waals surface area contributed by atoms with Crippen molar-refractivity contribution >= 4 is 11.3 Å². The molecular weight excluding hydrogens is 298 g/mol. The SMILES string of the molecule is OC(c1ccccc1)c1nc(-c2ccc3c(c2)OCO3)cs1. The minimum absolute atomic E-state index is 0.258. The zero-order chi connectivity index (χ0) is 14.9. The van der Waals surface area contributed by atoms with Gasteiger partial charge >= 0.3 is 0 Å². The number of aliphatic hydroxyl groups excluding tert-OH is 1. The van der Waals surface area contributed by atoms with Crippen LogP contribution in [0.25, 0.3) is 11.3 Å². The molecule has 0 aliphatic carbocycles. The number of hydrogen-bond donors (Lipinski definition) is 1. The van der Waals surface area contributed by atoms with Gasteiger partial charge in [0.2, 0.25) is 6.79 Å². The second-order valence-corrected chi connectivity index (χ2v) is 5.84. The normalized spacial score (nSPS) is 14.0. The fourth-order valence-corrected chi connectivity index (χ4v) is 3.22. The van der Waals surface area contributed by atoms with Crippen molar-refractivity contribution < 1.29 is 14.6 Å². The lowest BCUT2D eigenvalue weighted by molar-refractivity contribution is 0.174. The number of nitrogens with zero attached hydrogens (tertiary/aromatic N) is 1. The summed E-state index contributed by atoms with van der Waals surface area (Å²) in [6, 6.07) is 15.3. The number of hydrogen-bond acceptors (Lipinski definition) is 5. The van der Waals surface area contributed by atoms with Crippen LogP contribution < -0.4 is 9.47 Å². The molecular formula is C17H13NO3S. The molecule has 0 radical (unpaired) electrons. The van der Waals surface area contributed by atoms with E-state index in [-0.39, 0.29) is 6.79 Å². The molecule has 0 fully saturated rings. The predicted molar refractivity (Wildman–Crippen MR) is 84.2 cm³/mol. The fourth-order valence-electron chi connectivity index (χ4n) is 2.38. The summed E-state index contributed by atoms with van der Waals surface area (Å²) in [5, 5.41) is 13.0. The van der Waals surface area contributed by atoms with Crippen LogP contribution in [-0.4, -0.2) is 16.9 Å². The highest BCUT2D eigenvalue weighted by molar-refractivity contribution is 7.10. The molecule has 1 N–H and O–H groups in total. The summed E-state index contributed by atoms with van der Waals surface area (Å²) >= 11 is 1.45. The Kier molecular flexibility index (Phi) is 3.29. The molecule has 0 saturated carbocycles. The Hall–Kier alpha value is -2.37. The third kappa shape index (κ3) is 2.34. The first kappa shape index (κ1) is 13.3. The van der Waals surface area contributed by atoms with Gasteiger partial charge in [-0.3, -0.25) is 0 Å². The number of thiazole rings is 1. The van der Waals surface area contributed by atoms with Crippen molar-refractivity contribution in [2.75, 3.05) is 6.79 Å². The monoisotopic (exact) mass is 311 g/mol. The van der Waals surface area contributed by atoms with Crippen LogP contribution in [0.3, 0.4) is 0 Å². The van der Waals surface area contributed by atoms with Crippen molar-refractivity contribution in [1.29, 1.82) is 0 Å². The van der Waals surface area contributed by atoms with Crippen molar-refractivity contribution in [2.45, 2.75) is 6.10 Å². The second-order valence-electron chi connectivity index (χ2n) is 4.95. The van der Waals surface area contributed by atoms with Crippen LogP contribution in [0.15, 0.2) is 53.9 Å². The van der Waals surface area contributed by atoms with Crippen LogP contribution in [0.4, 0.5) is 0 Å². The molecule has 22 heavy (non-hydrogen) atoms. The molecule has 5 heteroatoms. The summed E-state index contributed by atoms with van der Waals surface area (Å²) in [5.41, 5.74) is 2.62. The van der Waals surface area contributed by atoms with Gasteiger partial charge in [-0.1, -0.05) is 30.3 Å². The van der Waals surface area contributed by atoms with Gasteiger partial charge in [-0.15, -0.1) is 11.3 Å². The molecule has 1 aliphatic heterocycles. The number of fused-ring (bicyclic) bond motifs is 1. The molecule has 4 rings (SSSR count). The van der Waals surface area contributed by atoms with E-state index in [1.165, 1.54) is 11.3 Å². The average Bonchev–Trinajstić information content (AvgIpc) is 3.23. The molecule has 1 atom stereocenters. The van der Waals surface area contributed by atoms with Crippen molar-refractivity contribution in [3.63, 3.8) is 0 Å². The third-order valence-corrected chi connectivity index (χ3v) is 4.44. The van der Waals surface area contributed by atoms with Gasteiger partial charge in [-0.05, 0) is 23.8 Å². The number of aliphatic hydroxyl groups is 1. The van der Waals surface area contributed by atoms with Crippen LogP contribution in [0.5, 0.6) is 11.5 Å². The molecule has 1 aliphatic rings. The highest BCUT2D eigenvalue weighted by Crippen LogP contribution is 2.37. The summed E-state index contributed by atoms with van der Waals surface area (Å²) < 4.78 is 10.7. The van der Waals surface area contributed by atoms with Gasteiger partial charge in [0, 0.05) is 10.9 Å². The molecule has 0 amide bonds. The van der Waals surface area contributed by atoms with Crippen molar-refractivity contribution in [2.24, 2.45) is 0 Å². The van der Waals surface area contributed by atoms with Crippen molar-refractivity contribution in [3.8, 4) is 22.8 Å². The van der Waals surface area contributed by atoms with E-state index in [9.17, 15) is 5.11 Å². The molecule has 110 valence electrons. The zero-order valence-electron chi connectivity index (χ0n) is 11.6. The van der Waals surface area contributed by atoms with Crippen LogP contribution in [0, 0.1) is 0 Å². The van der Waals surface area contributed by atoms with Gasteiger partial charge in [0.15, 0.2) is 11.5 Å². The maximum Gasteiger partial charge on any atom is 0.231 e. The Balaban J connectivity index is 1.64. The lowest BCUT2D eigenvalue weighted by Gasteiger charge is -2.07. The third-order valence-electron chi connectivity index (χ3n) is 3.54. The number of aromatic nitrogens is 1. The lowest BCUT2D eigenvalue weighted by atomic mass is 10.1. The van der Waals surface area contributed by atoms with Crippen molar-refractivity contribution in [3.05, 3.63) is 64.5 Å². The zero-order valence-corrected chi connectivity index (χ0v) is 12.4. The molecule has 0 saturated heterocycles. The number of benzene rings is 2. The molecule has 3 aromatic rings. The molecule has 2 aromatic carbocycles. The average molecular weight is 311 g/mol. The van der Waals surface area contributed by atoms with Crippen LogP contribution in [-0.2, 0) is 0 Å². The van der Waals surface area contributed by atoms with E-state index in [1.54, 1.807) is 0 Å². The van der Waals surface area contributed by atoms with E-state index < -0.39 is 6.10 Å². The Bertz CT molecular complexity index is 801. The molecule has 2 heterocycles. The van der Waals surface area contributed by atoms with E-state index in [4.69, 9.17) is 9.47 Å². The summed E-state index contributed by atoms with van der Waals surface area (Å²) in [5.74, 6) is 1.49. The number of ether oxygens (including phenoxy) is 2. The Labute approximate surface area is 131 Å². The first-order valence-corrected chi connectivity index (χ1v) is 7.78. The maximum atomic E-state index is 10.4. The van der Waals surface area contributed by atoms with Gasteiger partial charge < -0.3 is 14.6 Å². The van der Waals surface area contributed by atoms with Gasteiger partial charge in [-0.25, -0.2) is 4.98 Å². The van der Waals surface area contributed by atoms with Crippen LogP contribution in [0.2, 0.25) is 0 Å². The first-order valence-electron chi connectivity index (χ1n) is 6.90. The smallest absolute Gasteiger partial charge is 0.231 e. The van der Waals surface area contributed by atoms with Crippen LogP contribution >= 0.6 is 11.3 Å². The van der Waals surface area contributed by atoms with E-state index in [2.05, 4.69) is 4.98 Å². The summed E-state index contributed by atoms with van der Waals surface area (Å²) in [6.45, 7) is 0.258. The minimum atomic E-state index is -0.700. The van der Waals surface area contributed by atoms with Gasteiger partial charge in [0.25, 0.3) is 0 Å². The van der Waals surface area contributed by atoms with E-state index >= 15 is 0 Å². The summed E-state index contributed by atoms with van der Waals surface area (Å²) in [4.78, 5) is 4.55. The van der Waals surface area contributed by atoms with E-state index in [0.717, 1.165) is 28.3 Å². The number of rotatable bonds is 3. The lowest BCUT2D eigenvalue weighted by Crippen LogP contribution is -1.98. The second kappa shape index (κ2) is 5.44. The molecule has 0 bridgehead atoms.